The van der Waals surface area contributed by atoms with E-state index in [0.29, 0.717) is 12.7 Å². The molecule has 0 fully saturated rings. The molecular weight excluding hydrogens is 353 g/mol. The predicted molar refractivity (Wildman–Crippen MR) is 104 cm³/mol. The second kappa shape index (κ2) is 7.44. The van der Waals surface area contributed by atoms with Crippen molar-refractivity contribution in [3.63, 3.8) is 0 Å². The molecule has 0 saturated heterocycles. The minimum absolute atomic E-state index is 0.0433. The van der Waals surface area contributed by atoms with Crippen molar-refractivity contribution < 1.29 is 19.1 Å². The van der Waals surface area contributed by atoms with Crippen LogP contribution in [0, 0.1) is 0 Å². The van der Waals surface area contributed by atoms with Gasteiger partial charge in [0.2, 0.25) is 0 Å². The second-order valence-corrected chi connectivity index (χ2v) is 13.7. The van der Waals surface area contributed by atoms with Crippen LogP contribution in [-0.2, 0) is 20.6 Å². The van der Waals surface area contributed by atoms with E-state index in [0.717, 1.165) is 16.0 Å². The van der Waals surface area contributed by atoms with E-state index in [-0.39, 0.29) is 23.5 Å². The Hall–Kier alpha value is -0.798. The van der Waals surface area contributed by atoms with Gasteiger partial charge in [0.15, 0.2) is 8.32 Å². The Morgan fingerprint density at radius 2 is 2.16 bits per heavy atom. The molecule has 0 aliphatic carbocycles. The molecule has 1 radical (unpaired) electrons. The summed E-state index contributed by atoms with van der Waals surface area (Å²) in [6.07, 6.45) is 0.503. The fourth-order valence-corrected chi connectivity index (χ4v) is 5.39. The number of nitrogens with zero attached hydrogens (tertiary/aromatic N) is 1. The number of carbonyl (C=O) groups excluding carboxylic acids is 2. The Morgan fingerprint density at radius 3 is 2.64 bits per heavy atom. The van der Waals surface area contributed by atoms with Crippen LogP contribution in [0.4, 0.5) is 0 Å². The highest BCUT2D eigenvalue weighted by Gasteiger charge is 2.44. The Morgan fingerprint density at radius 1 is 1.52 bits per heavy atom. The van der Waals surface area contributed by atoms with E-state index in [4.69, 9.17) is 4.43 Å². The number of fused-ring (bicyclic) bond motifs is 1. The average Bonchev–Trinajstić information content (AvgIpc) is 2.89. The lowest BCUT2D eigenvalue weighted by atomic mass is 9.82. The molecule has 0 amide bonds. The van der Waals surface area contributed by atoms with Gasteiger partial charge in [-0.25, -0.2) is 0 Å². The quantitative estimate of drug-likeness (QED) is 0.607. The minimum Gasteiger partial charge on any atom is -0.408 e. The molecule has 0 bridgehead atoms. The van der Waals surface area contributed by atoms with Crippen molar-refractivity contribution in [2.24, 2.45) is 0 Å². The van der Waals surface area contributed by atoms with E-state index < -0.39 is 14.4 Å². The van der Waals surface area contributed by atoms with Crippen molar-refractivity contribution in [2.45, 2.75) is 64.6 Å². The molecule has 2 heterocycles. The van der Waals surface area contributed by atoms with Crippen LogP contribution in [0.15, 0.2) is 5.38 Å². The Balaban J connectivity index is 2.49. The number of ketones is 1. The number of aliphatic hydroxyl groups is 1. The lowest BCUT2D eigenvalue weighted by molar-refractivity contribution is -0.121. The van der Waals surface area contributed by atoms with E-state index in [1.165, 1.54) is 25.7 Å². The number of thiophene rings is 1. The molecule has 2 atom stereocenters. The highest BCUT2D eigenvalue weighted by molar-refractivity contribution is 7.10. The van der Waals surface area contributed by atoms with Gasteiger partial charge in [0.1, 0.15) is 5.78 Å². The number of hydrogen-bond donors (Lipinski definition) is 1. The first-order valence-corrected chi connectivity index (χ1v) is 12.3. The van der Waals surface area contributed by atoms with Crippen LogP contribution in [0.1, 0.15) is 55.8 Å². The van der Waals surface area contributed by atoms with E-state index >= 15 is 0 Å². The first-order chi connectivity index (χ1) is 11.5. The average molecular weight is 380 g/mol. The Labute approximate surface area is 155 Å². The minimum atomic E-state index is -2.03. The van der Waals surface area contributed by atoms with E-state index in [9.17, 15) is 14.7 Å². The van der Waals surface area contributed by atoms with E-state index in [1.807, 2.05) is 5.38 Å². The standard InChI is InChI=1S/C17H27BNO4SSi/c1-11(22)15-14-12(8-20)9-24-16(14)13(7-19(15)18-10-21)23-25(5,6)17(2,3)4/h9-10,13,15,20H,7-8H2,1-6H3. The smallest absolute Gasteiger partial charge is 0.294 e. The maximum Gasteiger partial charge on any atom is 0.294 e. The number of Topliss-reactive ketones (excluding diaryl/α,β-unsaturated/α-hetero) is 1. The zero-order chi connectivity index (χ0) is 19.0. The lowest BCUT2D eigenvalue weighted by Gasteiger charge is -2.44. The summed E-state index contributed by atoms with van der Waals surface area (Å²) in [5, 5.41) is 11.7. The summed E-state index contributed by atoms with van der Waals surface area (Å²) < 4.78 is 6.61. The molecule has 2 unspecified atom stereocenters. The van der Waals surface area contributed by atoms with Crippen LogP contribution in [0.25, 0.3) is 0 Å². The molecule has 0 aromatic carbocycles. The zero-order valence-corrected chi connectivity index (χ0v) is 17.6. The van der Waals surface area contributed by atoms with Gasteiger partial charge in [0, 0.05) is 11.4 Å². The Kier molecular flexibility index (Phi) is 6.11. The monoisotopic (exact) mass is 380 g/mol. The third-order valence-electron chi connectivity index (χ3n) is 5.26. The van der Waals surface area contributed by atoms with Crippen LogP contribution < -0.4 is 0 Å². The molecule has 0 spiro atoms. The number of aliphatic hydroxyl groups excluding tert-OH is 1. The van der Waals surface area contributed by atoms with Gasteiger partial charge in [0.05, 0.1) is 24.9 Å². The van der Waals surface area contributed by atoms with Crippen molar-refractivity contribution in [1.29, 1.82) is 0 Å². The highest BCUT2D eigenvalue weighted by atomic mass is 32.1. The molecule has 2 rings (SSSR count). The first-order valence-electron chi connectivity index (χ1n) is 8.47. The van der Waals surface area contributed by atoms with Gasteiger partial charge in [-0.05, 0) is 41.6 Å². The molecule has 1 N–H and O–H groups in total. The van der Waals surface area contributed by atoms with Crippen LogP contribution in [0.2, 0.25) is 18.1 Å². The molecule has 5 nitrogen and oxygen atoms in total. The first kappa shape index (κ1) is 20.5. The van der Waals surface area contributed by atoms with Crippen molar-refractivity contribution in [3.8, 4) is 0 Å². The maximum absolute atomic E-state index is 12.3. The SMILES string of the molecule is CC(=O)C1c2c(CO)csc2C(O[Si](C)(C)C(C)(C)C)CN1[B]C=O. The van der Waals surface area contributed by atoms with Crippen molar-refractivity contribution in [2.75, 3.05) is 6.54 Å². The van der Waals surface area contributed by atoms with Crippen molar-refractivity contribution in [1.82, 2.24) is 4.81 Å². The molecule has 8 heteroatoms. The van der Waals surface area contributed by atoms with Gasteiger partial charge >= 0.3 is 0 Å². The summed E-state index contributed by atoms with van der Waals surface area (Å²) in [7, 11) is -0.621. The molecular formula is C17H27BNO4SSi. The maximum atomic E-state index is 12.3. The summed E-state index contributed by atoms with van der Waals surface area (Å²) in [5.74, 6) is -0.0433. The van der Waals surface area contributed by atoms with Crippen LogP contribution >= 0.6 is 11.3 Å². The Bertz CT molecular complexity index is 656. The third kappa shape index (κ3) is 3.98. The zero-order valence-electron chi connectivity index (χ0n) is 15.8. The summed E-state index contributed by atoms with van der Waals surface area (Å²) in [6.45, 7) is 12.8. The van der Waals surface area contributed by atoms with Crippen molar-refractivity contribution >= 4 is 39.0 Å². The fourth-order valence-electron chi connectivity index (χ4n) is 2.93. The lowest BCUT2D eigenvalue weighted by Crippen LogP contribution is -2.48. The van der Waals surface area contributed by atoms with E-state index in [2.05, 4.69) is 33.9 Å². The van der Waals surface area contributed by atoms with Gasteiger partial charge in [-0.2, -0.15) is 0 Å². The molecule has 1 aromatic heterocycles. The number of rotatable bonds is 6. The largest absolute Gasteiger partial charge is 0.408 e. The van der Waals surface area contributed by atoms with E-state index in [1.54, 1.807) is 4.81 Å². The van der Waals surface area contributed by atoms with Gasteiger partial charge < -0.3 is 19.1 Å². The molecule has 25 heavy (non-hydrogen) atoms. The predicted octanol–water partition coefficient (Wildman–Crippen LogP) is 3.06. The molecule has 1 aromatic rings. The van der Waals surface area contributed by atoms with Gasteiger partial charge in [-0.1, -0.05) is 20.8 Å². The van der Waals surface area contributed by atoms with Gasteiger partial charge in [-0.3, -0.25) is 4.79 Å². The number of hydrogen-bond acceptors (Lipinski definition) is 6. The molecule has 1 aliphatic rings. The summed E-state index contributed by atoms with van der Waals surface area (Å²) >= 11 is 1.53. The molecule has 1 aliphatic heterocycles. The van der Waals surface area contributed by atoms with Gasteiger partial charge in [-0.15, -0.1) is 11.3 Å². The molecule has 137 valence electrons. The van der Waals surface area contributed by atoms with Crippen LogP contribution in [-0.4, -0.2) is 44.2 Å². The third-order valence-corrected chi connectivity index (χ3v) is 10.9. The summed E-state index contributed by atoms with van der Waals surface area (Å²) in [5.41, 5.74) is 1.56. The van der Waals surface area contributed by atoms with Gasteiger partial charge in [0.25, 0.3) is 7.41 Å². The molecule has 0 saturated carbocycles. The van der Waals surface area contributed by atoms with Crippen LogP contribution in [0.5, 0.6) is 0 Å². The van der Waals surface area contributed by atoms with Crippen LogP contribution in [0.3, 0.4) is 0 Å². The summed E-state index contributed by atoms with van der Waals surface area (Å²) in [4.78, 5) is 26.1. The van der Waals surface area contributed by atoms with Crippen molar-refractivity contribution in [3.05, 3.63) is 21.4 Å². The topological polar surface area (TPSA) is 66.8 Å². The normalized spacial score (nSPS) is 21.7. The highest BCUT2D eigenvalue weighted by Crippen LogP contribution is 2.46. The fraction of sp³-hybridized carbons (Fsp3) is 0.647. The summed E-state index contributed by atoms with van der Waals surface area (Å²) in [6, 6.07) is -0.534. The number of carbonyl (C=O) groups is 2. The second-order valence-electron chi connectivity index (χ2n) is 8.06.